The van der Waals surface area contributed by atoms with Crippen molar-refractivity contribution in [2.75, 3.05) is 5.75 Å². The van der Waals surface area contributed by atoms with E-state index in [1.54, 1.807) is 6.92 Å². The van der Waals surface area contributed by atoms with Crippen molar-refractivity contribution in [3.05, 3.63) is 70.0 Å². The highest BCUT2D eigenvalue weighted by Gasteiger charge is 2.12. The first-order chi connectivity index (χ1) is 13.4. The second-order valence-corrected chi connectivity index (χ2v) is 6.65. The Labute approximate surface area is 163 Å². The number of thioether (sulfide) groups is 1. The Hall–Kier alpha value is -3.53. The molecule has 9 nitrogen and oxygen atoms in total. The maximum atomic E-state index is 12.0. The molecule has 0 aliphatic rings. The number of nitrogens with zero attached hydrogens (tertiary/aromatic N) is 3. The lowest BCUT2D eigenvalue weighted by Crippen LogP contribution is -2.42. The number of benzene rings is 2. The molecule has 10 heteroatoms. The summed E-state index contributed by atoms with van der Waals surface area (Å²) >= 11 is 1.24. The number of hydrogen-bond acceptors (Lipinski definition) is 7. The summed E-state index contributed by atoms with van der Waals surface area (Å²) < 4.78 is 0. The number of hydrogen-bond donors (Lipinski definition) is 2. The summed E-state index contributed by atoms with van der Waals surface area (Å²) in [5.41, 5.74) is 5.46. The minimum absolute atomic E-state index is 0.0426. The van der Waals surface area contributed by atoms with E-state index in [9.17, 15) is 19.7 Å². The van der Waals surface area contributed by atoms with Gasteiger partial charge in [0, 0.05) is 23.1 Å². The summed E-state index contributed by atoms with van der Waals surface area (Å²) in [4.78, 5) is 42.8. The molecule has 0 atom stereocenters. The molecule has 0 spiro atoms. The summed E-state index contributed by atoms with van der Waals surface area (Å²) in [5, 5.41) is 12.2. The van der Waals surface area contributed by atoms with E-state index in [2.05, 4.69) is 20.8 Å². The largest absolute Gasteiger partial charge is 0.272 e. The third kappa shape index (κ3) is 4.60. The van der Waals surface area contributed by atoms with Crippen molar-refractivity contribution in [2.24, 2.45) is 0 Å². The molecule has 0 aliphatic carbocycles. The molecular formula is C18H15N5O4S. The van der Waals surface area contributed by atoms with Gasteiger partial charge in [-0.05, 0) is 25.1 Å². The molecule has 0 saturated carbocycles. The van der Waals surface area contributed by atoms with Crippen LogP contribution in [0, 0.1) is 17.0 Å². The molecule has 28 heavy (non-hydrogen) atoms. The topological polar surface area (TPSA) is 127 Å². The standard InChI is InChI=1S/C18H15N5O4S/c1-11-19-15-5-3-2-4-14(15)18(20-11)28-10-16(24)21-22-17(25)12-6-8-13(9-7-12)23(26)27/h2-9H,10H2,1H3,(H,21,24)(H,22,25). The summed E-state index contributed by atoms with van der Waals surface area (Å²) in [6.45, 7) is 1.78. The van der Waals surface area contributed by atoms with Gasteiger partial charge in [-0.1, -0.05) is 30.0 Å². The van der Waals surface area contributed by atoms with Crippen molar-refractivity contribution < 1.29 is 14.5 Å². The third-order valence-electron chi connectivity index (χ3n) is 3.68. The van der Waals surface area contributed by atoms with Crippen LogP contribution in [0.4, 0.5) is 5.69 Å². The van der Waals surface area contributed by atoms with Crippen molar-refractivity contribution in [3.63, 3.8) is 0 Å². The SMILES string of the molecule is Cc1nc(SCC(=O)NNC(=O)c2ccc([N+](=O)[O-])cc2)c2ccccc2n1. The number of para-hydroxylation sites is 1. The molecule has 0 saturated heterocycles. The smallest absolute Gasteiger partial charge is 0.269 e. The van der Waals surface area contributed by atoms with E-state index < -0.39 is 16.7 Å². The molecule has 0 unspecified atom stereocenters. The van der Waals surface area contributed by atoms with Gasteiger partial charge < -0.3 is 0 Å². The molecule has 0 aliphatic heterocycles. The molecule has 2 N–H and O–H groups in total. The fourth-order valence-corrected chi connectivity index (χ4v) is 3.24. The lowest BCUT2D eigenvalue weighted by molar-refractivity contribution is -0.384. The van der Waals surface area contributed by atoms with Crippen LogP contribution in [-0.4, -0.2) is 32.5 Å². The first-order valence-corrected chi connectivity index (χ1v) is 9.12. The fourth-order valence-electron chi connectivity index (χ4n) is 2.37. The second kappa shape index (κ2) is 8.44. The van der Waals surface area contributed by atoms with Gasteiger partial charge in [0.05, 0.1) is 16.2 Å². The zero-order valence-corrected chi connectivity index (χ0v) is 15.5. The monoisotopic (exact) mass is 397 g/mol. The van der Waals surface area contributed by atoms with E-state index in [-0.39, 0.29) is 17.0 Å². The van der Waals surface area contributed by atoms with Crippen LogP contribution in [-0.2, 0) is 4.79 Å². The quantitative estimate of drug-likeness (QED) is 0.293. The first-order valence-electron chi connectivity index (χ1n) is 8.14. The third-order valence-corrected chi connectivity index (χ3v) is 4.67. The molecule has 2 amide bonds. The van der Waals surface area contributed by atoms with E-state index in [4.69, 9.17) is 0 Å². The number of nitro benzene ring substituents is 1. The van der Waals surface area contributed by atoms with Crippen LogP contribution in [0.25, 0.3) is 10.9 Å². The van der Waals surface area contributed by atoms with E-state index >= 15 is 0 Å². The zero-order chi connectivity index (χ0) is 20.1. The number of nitrogens with one attached hydrogen (secondary N) is 2. The predicted molar refractivity (Wildman–Crippen MR) is 104 cm³/mol. The molecule has 3 aromatic rings. The normalized spacial score (nSPS) is 10.5. The molecule has 0 fully saturated rings. The zero-order valence-electron chi connectivity index (χ0n) is 14.7. The molecule has 2 aromatic carbocycles. The summed E-state index contributed by atoms with van der Waals surface area (Å²) in [5.74, 6) is -0.341. The summed E-state index contributed by atoms with van der Waals surface area (Å²) in [7, 11) is 0. The average molecular weight is 397 g/mol. The highest BCUT2D eigenvalue weighted by molar-refractivity contribution is 8.00. The average Bonchev–Trinajstić information content (AvgIpc) is 2.70. The highest BCUT2D eigenvalue weighted by Crippen LogP contribution is 2.24. The number of carbonyl (C=O) groups is 2. The number of amides is 2. The van der Waals surface area contributed by atoms with Gasteiger partial charge >= 0.3 is 0 Å². The van der Waals surface area contributed by atoms with Crippen molar-refractivity contribution in [2.45, 2.75) is 11.9 Å². The van der Waals surface area contributed by atoms with Gasteiger partial charge in [-0.3, -0.25) is 30.6 Å². The first kappa shape index (κ1) is 19.2. The van der Waals surface area contributed by atoms with Crippen LogP contribution in [0.5, 0.6) is 0 Å². The number of rotatable bonds is 5. The molecule has 0 radical (unpaired) electrons. The van der Waals surface area contributed by atoms with Gasteiger partial charge in [-0.15, -0.1) is 0 Å². The van der Waals surface area contributed by atoms with E-state index in [1.807, 2.05) is 24.3 Å². The van der Waals surface area contributed by atoms with Crippen molar-refractivity contribution >= 4 is 40.2 Å². The Morgan fingerprint density at radius 1 is 1.07 bits per heavy atom. The van der Waals surface area contributed by atoms with E-state index in [0.29, 0.717) is 10.9 Å². The predicted octanol–water partition coefficient (Wildman–Crippen LogP) is 2.40. The molecule has 142 valence electrons. The summed E-state index contributed by atoms with van der Waals surface area (Å²) in [6.07, 6.45) is 0. The molecule has 3 rings (SSSR count). The highest BCUT2D eigenvalue weighted by atomic mass is 32.2. The second-order valence-electron chi connectivity index (χ2n) is 5.69. The Kier molecular flexibility index (Phi) is 5.80. The Morgan fingerprint density at radius 3 is 2.50 bits per heavy atom. The lowest BCUT2D eigenvalue weighted by Gasteiger charge is -2.08. The molecule has 1 aromatic heterocycles. The summed E-state index contributed by atoms with van der Waals surface area (Å²) in [6, 6.07) is 12.6. The molecule has 0 bridgehead atoms. The number of aryl methyl sites for hydroxylation is 1. The molecular weight excluding hydrogens is 382 g/mol. The van der Waals surface area contributed by atoms with Gasteiger partial charge in [0.15, 0.2) is 0 Å². The van der Waals surface area contributed by atoms with Crippen LogP contribution in [0.1, 0.15) is 16.2 Å². The Bertz CT molecular complexity index is 1060. The minimum Gasteiger partial charge on any atom is -0.272 e. The number of fused-ring (bicyclic) bond motifs is 1. The lowest BCUT2D eigenvalue weighted by atomic mass is 10.2. The van der Waals surface area contributed by atoms with Crippen molar-refractivity contribution in [3.8, 4) is 0 Å². The maximum Gasteiger partial charge on any atom is 0.269 e. The van der Waals surface area contributed by atoms with Crippen molar-refractivity contribution in [1.82, 2.24) is 20.8 Å². The number of carbonyl (C=O) groups excluding carboxylic acids is 2. The number of hydrazine groups is 1. The van der Waals surface area contributed by atoms with Crippen LogP contribution in [0.15, 0.2) is 53.6 Å². The number of aromatic nitrogens is 2. The van der Waals surface area contributed by atoms with E-state index in [1.165, 1.54) is 36.0 Å². The van der Waals surface area contributed by atoms with E-state index in [0.717, 1.165) is 10.9 Å². The van der Waals surface area contributed by atoms with Gasteiger partial charge in [0.2, 0.25) is 5.91 Å². The minimum atomic E-state index is -0.573. The maximum absolute atomic E-state index is 12.0. The Balaban J connectivity index is 1.56. The van der Waals surface area contributed by atoms with Crippen LogP contribution >= 0.6 is 11.8 Å². The van der Waals surface area contributed by atoms with Crippen molar-refractivity contribution in [1.29, 1.82) is 0 Å². The van der Waals surface area contributed by atoms with Crippen LogP contribution in [0.3, 0.4) is 0 Å². The van der Waals surface area contributed by atoms with Gasteiger partial charge in [-0.2, -0.15) is 0 Å². The van der Waals surface area contributed by atoms with Crippen LogP contribution in [0.2, 0.25) is 0 Å². The number of nitro groups is 1. The van der Waals surface area contributed by atoms with Gasteiger partial charge in [0.25, 0.3) is 11.6 Å². The van der Waals surface area contributed by atoms with Crippen LogP contribution < -0.4 is 10.9 Å². The Morgan fingerprint density at radius 2 is 1.79 bits per heavy atom. The van der Waals surface area contributed by atoms with Gasteiger partial charge in [-0.25, -0.2) is 9.97 Å². The molecule has 1 heterocycles. The number of non-ortho nitro benzene ring substituents is 1. The van der Waals surface area contributed by atoms with Gasteiger partial charge in [0.1, 0.15) is 10.9 Å². The fraction of sp³-hybridized carbons (Fsp3) is 0.111.